The Bertz CT molecular complexity index is 930. The fourth-order valence-corrected chi connectivity index (χ4v) is 2.46. The van der Waals surface area contributed by atoms with Crippen molar-refractivity contribution in [2.75, 3.05) is 19.0 Å². The quantitative estimate of drug-likeness (QED) is 0.425. The Morgan fingerprint density at radius 3 is 2.74 bits per heavy atom. The molecule has 1 N–H and O–H groups in total. The summed E-state index contributed by atoms with van der Waals surface area (Å²) in [5.74, 6) is 0.403. The van der Waals surface area contributed by atoms with E-state index < -0.39 is 5.91 Å². The molecule has 0 radical (unpaired) electrons. The molecule has 0 aliphatic rings. The highest BCUT2D eigenvalue weighted by Crippen LogP contribution is 2.31. The van der Waals surface area contributed by atoms with Crippen molar-refractivity contribution in [3.05, 3.63) is 70.8 Å². The van der Waals surface area contributed by atoms with Crippen LogP contribution in [-0.4, -0.2) is 19.6 Å². The second-order valence-corrected chi connectivity index (χ2v) is 5.97. The summed E-state index contributed by atoms with van der Waals surface area (Å²) in [6.45, 7) is 5.74. The number of nitrogens with one attached hydrogen (secondary N) is 1. The Hall–Kier alpha value is -3.23. The first kappa shape index (κ1) is 20.1. The molecule has 138 valence electrons. The van der Waals surface area contributed by atoms with Crippen molar-refractivity contribution in [2.45, 2.75) is 6.92 Å². The van der Waals surface area contributed by atoms with E-state index in [4.69, 9.17) is 21.1 Å². The highest BCUT2D eigenvalue weighted by Gasteiger charge is 2.15. The SMILES string of the molecule is C=CCOc1ccccc1/C=C(\C#N)C(=O)Nc1cc(C)c(Cl)cc1OC. The fraction of sp³-hybridized carbons (Fsp3) is 0.143. The minimum Gasteiger partial charge on any atom is -0.495 e. The second kappa shape index (κ2) is 9.46. The summed E-state index contributed by atoms with van der Waals surface area (Å²) < 4.78 is 10.8. The van der Waals surface area contributed by atoms with Gasteiger partial charge in [-0.1, -0.05) is 42.5 Å². The highest BCUT2D eigenvalue weighted by molar-refractivity contribution is 6.31. The molecule has 2 rings (SSSR count). The molecule has 2 aromatic rings. The van der Waals surface area contributed by atoms with Gasteiger partial charge in [-0.25, -0.2) is 0 Å². The van der Waals surface area contributed by atoms with Crippen LogP contribution in [-0.2, 0) is 4.79 Å². The molecule has 2 aromatic carbocycles. The number of para-hydroxylation sites is 1. The second-order valence-electron chi connectivity index (χ2n) is 5.56. The molecule has 0 unspecified atom stereocenters. The number of methoxy groups -OCH3 is 1. The lowest BCUT2D eigenvalue weighted by atomic mass is 10.1. The number of rotatable bonds is 7. The lowest BCUT2D eigenvalue weighted by Crippen LogP contribution is -2.14. The molecule has 5 nitrogen and oxygen atoms in total. The molecule has 0 aromatic heterocycles. The van der Waals surface area contributed by atoms with Crippen molar-refractivity contribution in [2.24, 2.45) is 0 Å². The number of carbonyl (C=O) groups excluding carboxylic acids is 1. The standard InChI is InChI=1S/C21H19ClN2O3/c1-4-9-27-19-8-6-5-7-15(19)11-16(13-23)21(25)24-18-10-14(2)17(22)12-20(18)26-3/h4-8,10-12H,1,9H2,2-3H3,(H,24,25)/b16-11+. The Morgan fingerprint density at radius 2 is 2.07 bits per heavy atom. The minimum atomic E-state index is -0.559. The van der Waals surface area contributed by atoms with Crippen LogP contribution in [0.25, 0.3) is 6.08 Å². The van der Waals surface area contributed by atoms with E-state index in [1.807, 2.05) is 19.1 Å². The molecule has 0 heterocycles. The average Bonchev–Trinajstić information content (AvgIpc) is 2.67. The number of amides is 1. The van der Waals surface area contributed by atoms with Gasteiger partial charge in [-0.05, 0) is 30.7 Å². The topological polar surface area (TPSA) is 71.3 Å². The van der Waals surface area contributed by atoms with Gasteiger partial charge >= 0.3 is 0 Å². The summed E-state index contributed by atoms with van der Waals surface area (Å²) in [7, 11) is 1.48. The van der Waals surface area contributed by atoms with Gasteiger partial charge in [0.05, 0.1) is 12.8 Å². The summed E-state index contributed by atoms with van der Waals surface area (Å²) in [5.41, 5.74) is 1.75. The molecule has 1 amide bonds. The zero-order valence-electron chi connectivity index (χ0n) is 15.1. The summed E-state index contributed by atoms with van der Waals surface area (Å²) in [5, 5.41) is 12.7. The van der Waals surface area contributed by atoms with E-state index in [0.717, 1.165) is 5.56 Å². The first-order valence-corrected chi connectivity index (χ1v) is 8.48. The van der Waals surface area contributed by atoms with Crippen LogP contribution in [0.15, 0.2) is 54.6 Å². The Labute approximate surface area is 163 Å². The van der Waals surface area contributed by atoms with Gasteiger partial charge in [0.25, 0.3) is 5.91 Å². The Balaban J connectivity index is 2.32. The van der Waals surface area contributed by atoms with Crippen molar-refractivity contribution in [3.8, 4) is 17.6 Å². The molecule has 0 aliphatic carbocycles. The number of aryl methyl sites for hydroxylation is 1. The van der Waals surface area contributed by atoms with Crippen LogP contribution in [0.4, 0.5) is 5.69 Å². The van der Waals surface area contributed by atoms with Crippen molar-refractivity contribution >= 4 is 29.3 Å². The van der Waals surface area contributed by atoms with Crippen LogP contribution in [0.3, 0.4) is 0 Å². The number of hydrogen-bond acceptors (Lipinski definition) is 4. The third kappa shape index (κ3) is 5.13. The number of anilines is 1. The number of carbonyl (C=O) groups is 1. The minimum absolute atomic E-state index is 0.0701. The lowest BCUT2D eigenvalue weighted by molar-refractivity contribution is -0.112. The third-order valence-corrected chi connectivity index (χ3v) is 4.08. The van der Waals surface area contributed by atoms with Gasteiger partial charge in [0.2, 0.25) is 0 Å². The van der Waals surface area contributed by atoms with E-state index in [0.29, 0.717) is 34.4 Å². The average molecular weight is 383 g/mol. The van der Waals surface area contributed by atoms with Gasteiger partial charge in [-0.2, -0.15) is 5.26 Å². The highest BCUT2D eigenvalue weighted by atomic mass is 35.5. The monoisotopic (exact) mass is 382 g/mol. The van der Waals surface area contributed by atoms with Gasteiger partial charge in [0.1, 0.15) is 29.7 Å². The van der Waals surface area contributed by atoms with Crippen LogP contribution in [0.1, 0.15) is 11.1 Å². The number of benzene rings is 2. The van der Waals surface area contributed by atoms with E-state index in [9.17, 15) is 10.1 Å². The Morgan fingerprint density at radius 1 is 1.33 bits per heavy atom. The van der Waals surface area contributed by atoms with Gasteiger partial charge in [-0.3, -0.25) is 4.79 Å². The predicted octanol–water partition coefficient (Wildman–Crippen LogP) is 4.77. The molecule has 0 aliphatic heterocycles. The van der Waals surface area contributed by atoms with Crippen molar-refractivity contribution in [1.82, 2.24) is 0 Å². The maximum atomic E-state index is 12.6. The lowest BCUT2D eigenvalue weighted by Gasteiger charge is -2.12. The van der Waals surface area contributed by atoms with E-state index in [-0.39, 0.29) is 5.57 Å². The predicted molar refractivity (Wildman–Crippen MR) is 107 cm³/mol. The van der Waals surface area contributed by atoms with Crippen molar-refractivity contribution in [3.63, 3.8) is 0 Å². The molecular formula is C21H19ClN2O3. The number of nitrogens with zero attached hydrogens (tertiary/aromatic N) is 1. The van der Waals surface area contributed by atoms with Gasteiger partial charge < -0.3 is 14.8 Å². The molecule has 0 saturated heterocycles. The van der Waals surface area contributed by atoms with E-state index in [1.54, 1.807) is 36.4 Å². The van der Waals surface area contributed by atoms with Crippen LogP contribution >= 0.6 is 11.6 Å². The van der Waals surface area contributed by atoms with Crippen LogP contribution in [0, 0.1) is 18.3 Å². The summed E-state index contributed by atoms with van der Waals surface area (Å²) in [6, 6.07) is 12.3. The first-order valence-electron chi connectivity index (χ1n) is 8.10. The summed E-state index contributed by atoms with van der Waals surface area (Å²) in [4.78, 5) is 12.6. The zero-order chi connectivity index (χ0) is 19.8. The van der Waals surface area contributed by atoms with Crippen LogP contribution in [0.2, 0.25) is 5.02 Å². The molecule has 27 heavy (non-hydrogen) atoms. The van der Waals surface area contributed by atoms with Crippen LogP contribution < -0.4 is 14.8 Å². The molecule has 0 bridgehead atoms. The van der Waals surface area contributed by atoms with E-state index in [2.05, 4.69) is 11.9 Å². The van der Waals surface area contributed by atoms with E-state index >= 15 is 0 Å². The summed E-state index contributed by atoms with van der Waals surface area (Å²) >= 11 is 6.08. The number of hydrogen-bond donors (Lipinski definition) is 1. The normalized spacial score (nSPS) is 10.7. The number of halogens is 1. The maximum Gasteiger partial charge on any atom is 0.266 e. The molecule has 6 heteroatoms. The van der Waals surface area contributed by atoms with Crippen LogP contribution in [0.5, 0.6) is 11.5 Å². The van der Waals surface area contributed by atoms with Gasteiger partial charge in [0.15, 0.2) is 0 Å². The third-order valence-electron chi connectivity index (χ3n) is 3.67. The number of ether oxygens (including phenoxy) is 2. The summed E-state index contributed by atoms with van der Waals surface area (Å²) in [6.07, 6.45) is 3.09. The fourth-order valence-electron chi connectivity index (χ4n) is 2.30. The molecule has 0 spiro atoms. The molecular weight excluding hydrogens is 364 g/mol. The smallest absolute Gasteiger partial charge is 0.266 e. The van der Waals surface area contributed by atoms with Crippen molar-refractivity contribution < 1.29 is 14.3 Å². The molecule has 0 atom stereocenters. The van der Waals surface area contributed by atoms with Crippen molar-refractivity contribution in [1.29, 1.82) is 5.26 Å². The Kier molecular flexibility index (Phi) is 7.04. The maximum absolute atomic E-state index is 12.6. The van der Waals surface area contributed by atoms with Gasteiger partial charge in [-0.15, -0.1) is 0 Å². The molecule has 0 fully saturated rings. The largest absolute Gasteiger partial charge is 0.495 e. The molecule has 0 saturated carbocycles. The van der Waals surface area contributed by atoms with E-state index in [1.165, 1.54) is 13.2 Å². The first-order chi connectivity index (χ1) is 13.0. The van der Waals surface area contributed by atoms with Gasteiger partial charge in [0, 0.05) is 16.7 Å². The number of nitriles is 1. The zero-order valence-corrected chi connectivity index (χ0v) is 15.8.